The molecule has 0 saturated heterocycles. The van der Waals surface area contributed by atoms with Crippen molar-refractivity contribution in [3.63, 3.8) is 0 Å². The number of aromatic amines is 1. The van der Waals surface area contributed by atoms with E-state index in [9.17, 15) is 0 Å². The molecule has 74 valence electrons. The number of fused-ring (bicyclic) bond motifs is 1. The Morgan fingerprint density at radius 1 is 1.50 bits per heavy atom. The van der Waals surface area contributed by atoms with Crippen molar-refractivity contribution in [2.24, 2.45) is 0 Å². The lowest BCUT2D eigenvalue weighted by atomic mass is 10.3. The van der Waals surface area contributed by atoms with Crippen LogP contribution in [-0.2, 0) is 6.54 Å². The first-order chi connectivity index (χ1) is 6.83. The molecule has 3 N–H and O–H groups in total. The summed E-state index contributed by atoms with van der Waals surface area (Å²) in [4.78, 5) is 11.3. The van der Waals surface area contributed by atoms with Gasteiger partial charge >= 0.3 is 0 Å². The van der Waals surface area contributed by atoms with E-state index in [-0.39, 0.29) is 0 Å². The number of hydrogen-bond acceptors (Lipinski definition) is 3. The van der Waals surface area contributed by atoms with Crippen LogP contribution in [0.4, 0.5) is 5.82 Å². The third kappa shape index (κ3) is 1.41. The standard InChI is InChI=1S/C9H13N5/c1-2-3-4-14-6-13-8(10)7-9(14)12-5-11-7/h5-6H,2-4H2,1H3,(H2,10,11,12)/p+1. The van der Waals surface area contributed by atoms with E-state index in [1.54, 1.807) is 12.7 Å². The number of anilines is 1. The number of rotatable bonds is 3. The van der Waals surface area contributed by atoms with Gasteiger partial charge in [-0.25, -0.2) is 4.57 Å². The molecule has 2 heterocycles. The molecule has 0 amide bonds. The second-order valence-electron chi connectivity index (χ2n) is 3.28. The highest BCUT2D eigenvalue weighted by Crippen LogP contribution is 2.09. The molecule has 2 rings (SSSR count). The summed E-state index contributed by atoms with van der Waals surface area (Å²) in [5.74, 6) is 0.505. The predicted molar refractivity (Wildman–Crippen MR) is 53.4 cm³/mol. The Hall–Kier alpha value is -1.65. The van der Waals surface area contributed by atoms with E-state index in [4.69, 9.17) is 5.73 Å². The van der Waals surface area contributed by atoms with Crippen molar-refractivity contribution < 1.29 is 4.57 Å². The molecule has 5 nitrogen and oxygen atoms in total. The largest absolute Gasteiger partial charge is 0.368 e. The number of aromatic nitrogens is 4. The SMILES string of the molecule is CCCC[n+]1cnc(N)c2[nH]cnc21. The molecule has 5 heteroatoms. The van der Waals surface area contributed by atoms with Crippen LogP contribution in [0.1, 0.15) is 19.8 Å². The number of hydrogen-bond donors (Lipinski definition) is 2. The van der Waals surface area contributed by atoms with Crippen LogP contribution in [-0.4, -0.2) is 15.0 Å². The van der Waals surface area contributed by atoms with Crippen LogP contribution in [0.15, 0.2) is 12.7 Å². The monoisotopic (exact) mass is 192 g/mol. The topological polar surface area (TPSA) is 71.5 Å². The molecular formula is C9H14N5+. The van der Waals surface area contributed by atoms with E-state index in [1.165, 1.54) is 0 Å². The average Bonchev–Trinajstić information content (AvgIpc) is 2.66. The van der Waals surface area contributed by atoms with Gasteiger partial charge in [-0.1, -0.05) is 23.3 Å². The smallest absolute Gasteiger partial charge is 0.293 e. The van der Waals surface area contributed by atoms with Crippen molar-refractivity contribution >= 4 is 17.0 Å². The number of aryl methyl sites for hydroxylation is 1. The molecule has 0 spiro atoms. The van der Waals surface area contributed by atoms with Gasteiger partial charge in [0.1, 0.15) is 0 Å². The molecule has 2 aromatic heterocycles. The van der Waals surface area contributed by atoms with Crippen LogP contribution in [0.2, 0.25) is 0 Å². The number of nitrogen functional groups attached to an aromatic ring is 1. The number of H-pyrrole nitrogens is 1. The molecule has 14 heavy (non-hydrogen) atoms. The maximum absolute atomic E-state index is 5.70. The van der Waals surface area contributed by atoms with Crippen LogP contribution in [0.3, 0.4) is 0 Å². The zero-order chi connectivity index (χ0) is 9.97. The summed E-state index contributed by atoms with van der Waals surface area (Å²) in [7, 11) is 0. The number of nitrogens with one attached hydrogen (secondary N) is 1. The molecular weight excluding hydrogens is 178 g/mol. The fourth-order valence-corrected chi connectivity index (χ4v) is 1.44. The number of imidazole rings is 1. The van der Waals surface area contributed by atoms with Crippen molar-refractivity contribution in [1.82, 2.24) is 15.0 Å². The lowest BCUT2D eigenvalue weighted by Crippen LogP contribution is -2.35. The minimum atomic E-state index is 0.505. The van der Waals surface area contributed by atoms with Gasteiger partial charge in [0.05, 0.1) is 6.54 Å². The van der Waals surface area contributed by atoms with Gasteiger partial charge in [-0.05, 0) is 6.42 Å². The van der Waals surface area contributed by atoms with Crippen molar-refractivity contribution in [1.29, 1.82) is 0 Å². The van der Waals surface area contributed by atoms with Crippen molar-refractivity contribution in [2.45, 2.75) is 26.3 Å². The molecule has 0 radical (unpaired) electrons. The van der Waals surface area contributed by atoms with Crippen molar-refractivity contribution in [3.05, 3.63) is 12.7 Å². The number of nitrogens with two attached hydrogens (primary N) is 1. The fraction of sp³-hybridized carbons (Fsp3) is 0.444. The van der Waals surface area contributed by atoms with Gasteiger partial charge in [-0.15, -0.1) is 0 Å². The fourth-order valence-electron chi connectivity index (χ4n) is 1.44. The highest BCUT2D eigenvalue weighted by atomic mass is 15.1. The van der Waals surface area contributed by atoms with Gasteiger partial charge in [0.15, 0.2) is 11.8 Å². The maximum Gasteiger partial charge on any atom is 0.293 e. The second kappa shape index (κ2) is 3.61. The molecule has 0 aliphatic carbocycles. The van der Waals surface area contributed by atoms with Crippen LogP contribution >= 0.6 is 0 Å². The van der Waals surface area contributed by atoms with Gasteiger partial charge in [-0.3, -0.25) is 0 Å². The third-order valence-electron chi connectivity index (χ3n) is 2.24. The highest BCUT2D eigenvalue weighted by molar-refractivity contribution is 5.77. The van der Waals surface area contributed by atoms with Gasteiger partial charge in [0.2, 0.25) is 12.1 Å². The first kappa shape index (κ1) is 8.93. The highest BCUT2D eigenvalue weighted by Gasteiger charge is 2.13. The summed E-state index contributed by atoms with van der Waals surface area (Å²) in [6.45, 7) is 3.10. The predicted octanol–water partition coefficient (Wildman–Crippen LogP) is 0.628. The first-order valence-electron chi connectivity index (χ1n) is 4.80. The molecule has 0 aromatic carbocycles. The molecule has 0 aliphatic rings. The second-order valence-corrected chi connectivity index (χ2v) is 3.28. The molecule has 0 fully saturated rings. The zero-order valence-corrected chi connectivity index (χ0v) is 8.20. The Balaban J connectivity index is 2.45. The van der Waals surface area contributed by atoms with Gasteiger partial charge in [0.25, 0.3) is 5.65 Å². The summed E-state index contributed by atoms with van der Waals surface area (Å²) < 4.78 is 2.02. The number of nitrogens with zero attached hydrogens (tertiary/aromatic N) is 3. The summed E-state index contributed by atoms with van der Waals surface area (Å²) >= 11 is 0. The van der Waals surface area contributed by atoms with E-state index in [0.717, 1.165) is 30.6 Å². The van der Waals surface area contributed by atoms with Crippen LogP contribution in [0.5, 0.6) is 0 Å². The Morgan fingerprint density at radius 3 is 3.14 bits per heavy atom. The molecule has 0 bridgehead atoms. The molecule has 0 unspecified atom stereocenters. The first-order valence-corrected chi connectivity index (χ1v) is 4.80. The summed E-state index contributed by atoms with van der Waals surface area (Å²) in [6.07, 6.45) is 5.67. The molecule has 0 atom stereocenters. The van der Waals surface area contributed by atoms with E-state index in [1.807, 2.05) is 4.57 Å². The molecule has 0 aliphatic heterocycles. The van der Waals surface area contributed by atoms with Gasteiger partial charge in [0, 0.05) is 0 Å². The summed E-state index contributed by atoms with van der Waals surface area (Å²) in [5.41, 5.74) is 7.41. The zero-order valence-electron chi connectivity index (χ0n) is 8.20. The summed E-state index contributed by atoms with van der Waals surface area (Å²) in [6, 6.07) is 0. The van der Waals surface area contributed by atoms with Gasteiger partial charge in [-0.2, -0.15) is 0 Å². The lowest BCUT2D eigenvalue weighted by Gasteiger charge is -1.99. The Morgan fingerprint density at radius 2 is 2.36 bits per heavy atom. The van der Waals surface area contributed by atoms with Crippen LogP contribution < -0.4 is 10.3 Å². The average molecular weight is 192 g/mol. The van der Waals surface area contributed by atoms with Crippen LogP contribution in [0.25, 0.3) is 11.2 Å². The maximum atomic E-state index is 5.70. The summed E-state index contributed by atoms with van der Waals surface area (Å²) in [5, 5.41) is 0. The normalized spacial score (nSPS) is 10.9. The van der Waals surface area contributed by atoms with Crippen molar-refractivity contribution in [3.8, 4) is 0 Å². The van der Waals surface area contributed by atoms with E-state index >= 15 is 0 Å². The Bertz CT molecular complexity index is 434. The number of unbranched alkanes of at least 4 members (excludes halogenated alkanes) is 1. The lowest BCUT2D eigenvalue weighted by molar-refractivity contribution is -0.676. The van der Waals surface area contributed by atoms with Crippen LogP contribution in [0, 0.1) is 0 Å². The van der Waals surface area contributed by atoms with E-state index < -0.39 is 0 Å². The van der Waals surface area contributed by atoms with E-state index in [2.05, 4.69) is 21.9 Å². The molecule has 0 saturated carbocycles. The van der Waals surface area contributed by atoms with Crippen molar-refractivity contribution in [2.75, 3.05) is 5.73 Å². The quantitative estimate of drug-likeness (QED) is 0.700. The third-order valence-corrected chi connectivity index (χ3v) is 2.24. The van der Waals surface area contributed by atoms with E-state index in [0.29, 0.717) is 5.82 Å². The molecule has 2 aromatic rings. The minimum Gasteiger partial charge on any atom is -0.368 e. The van der Waals surface area contributed by atoms with Gasteiger partial charge < -0.3 is 10.7 Å². The minimum absolute atomic E-state index is 0.505. The Labute approximate surface area is 82.0 Å². The Kier molecular flexibility index (Phi) is 2.30.